The molecule has 0 aliphatic carbocycles. The summed E-state index contributed by atoms with van der Waals surface area (Å²) in [6.45, 7) is 6.50. The van der Waals surface area contributed by atoms with Crippen LogP contribution in [0.4, 0.5) is 4.79 Å². The lowest BCUT2D eigenvalue weighted by Gasteiger charge is -2.42. The van der Waals surface area contributed by atoms with Gasteiger partial charge in [-0.2, -0.15) is 0 Å². The Hall–Kier alpha value is -2.14. The fourth-order valence-electron chi connectivity index (χ4n) is 2.26. The Morgan fingerprint density at radius 3 is 2.04 bits per heavy atom. The van der Waals surface area contributed by atoms with E-state index in [0.717, 1.165) is 13.8 Å². The van der Waals surface area contributed by atoms with Crippen LogP contribution < -0.4 is 0 Å². The first-order valence-corrected chi connectivity index (χ1v) is 8.78. The fourth-order valence-corrected chi connectivity index (χ4v) is 2.94. The number of carbonyl (C=O) groups excluding carboxylic acids is 4. The van der Waals surface area contributed by atoms with E-state index >= 15 is 0 Å². The van der Waals surface area contributed by atoms with Crippen molar-refractivity contribution >= 4 is 40.0 Å². The molecule has 0 bridgehead atoms. The molecule has 11 heteroatoms. The highest BCUT2D eigenvalue weighted by molar-refractivity contribution is 9.09. The van der Waals surface area contributed by atoms with Gasteiger partial charge in [0.2, 0.25) is 0 Å². The van der Waals surface area contributed by atoms with Crippen LogP contribution in [0.5, 0.6) is 0 Å². The van der Waals surface area contributed by atoms with Gasteiger partial charge in [-0.25, -0.2) is 4.79 Å². The SMILES string of the molecule is C=CCOC(=O)O[C@@H]1[C@@H](OC(C)=O)[C@H](OC(C)=O)[C@@H](COC(C)=O)O[C@@H]1Br. The molecular formula is C16H21BrO10. The highest BCUT2D eigenvalue weighted by Crippen LogP contribution is 2.31. The number of ether oxygens (including phenoxy) is 6. The summed E-state index contributed by atoms with van der Waals surface area (Å²) in [4.78, 5) is 45.9. The van der Waals surface area contributed by atoms with Crippen LogP contribution in [0.15, 0.2) is 12.7 Å². The summed E-state index contributed by atoms with van der Waals surface area (Å²) < 4.78 is 30.8. The molecule has 27 heavy (non-hydrogen) atoms. The lowest BCUT2D eigenvalue weighted by molar-refractivity contribution is -0.232. The second-order valence-electron chi connectivity index (χ2n) is 5.41. The number of hydrogen-bond donors (Lipinski definition) is 0. The third kappa shape index (κ3) is 7.55. The number of alkyl halides is 1. The monoisotopic (exact) mass is 452 g/mol. The number of rotatable bonds is 7. The Kier molecular flexibility index (Phi) is 9.22. The normalized spacial score (nSPS) is 27.0. The van der Waals surface area contributed by atoms with Crippen LogP contribution in [0.3, 0.4) is 0 Å². The lowest BCUT2D eigenvalue weighted by Crippen LogP contribution is -2.61. The van der Waals surface area contributed by atoms with Crippen LogP contribution in [0.25, 0.3) is 0 Å². The van der Waals surface area contributed by atoms with Crippen LogP contribution in [0.1, 0.15) is 20.8 Å². The molecule has 0 aromatic rings. The van der Waals surface area contributed by atoms with Gasteiger partial charge in [0.25, 0.3) is 0 Å². The Morgan fingerprint density at radius 1 is 0.926 bits per heavy atom. The van der Waals surface area contributed by atoms with Crippen molar-refractivity contribution in [3.8, 4) is 0 Å². The van der Waals surface area contributed by atoms with Gasteiger partial charge < -0.3 is 28.4 Å². The van der Waals surface area contributed by atoms with Gasteiger partial charge in [0, 0.05) is 20.8 Å². The van der Waals surface area contributed by atoms with Gasteiger partial charge in [-0.1, -0.05) is 28.6 Å². The van der Waals surface area contributed by atoms with E-state index < -0.39 is 53.5 Å². The highest BCUT2D eigenvalue weighted by atomic mass is 79.9. The molecule has 0 radical (unpaired) electrons. The van der Waals surface area contributed by atoms with Crippen molar-refractivity contribution in [2.75, 3.05) is 13.2 Å². The summed E-state index contributed by atoms with van der Waals surface area (Å²) in [6.07, 6.45) is -4.34. The number of halogens is 1. The fraction of sp³-hybridized carbons (Fsp3) is 0.625. The van der Waals surface area contributed by atoms with Crippen molar-refractivity contribution in [2.45, 2.75) is 50.2 Å². The molecule has 0 amide bonds. The summed E-state index contributed by atoms with van der Waals surface area (Å²) in [5.41, 5.74) is 0. The summed E-state index contributed by atoms with van der Waals surface area (Å²) >= 11 is 3.18. The van der Waals surface area contributed by atoms with Crippen LogP contribution in [0.2, 0.25) is 0 Å². The van der Waals surface area contributed by atoms with Crippen molar-refractivity contribution < 1.29 is 47.6 Å². The van der Waals surface area contributed by atoms with Gasteiger partial charge in [-0.15, -0.1) is 0 Å². The van der Waals surface area contributed by atoms with E-state index in [9.17, 15) is 19.2 Å². The second-order valence-corrected chi connectivity index (χ2v) is 6.31. The molecule has 0 aromatic carbocycles. The molecule has 1 aliphatic heterocycles. The topological polar surface area (TPSA) is 124 Å². The third-order valence-corrected chi connectivity index (χ3v) is 3.92. The molecule has 152 valence electrons. The quantitative estimate of drug-likeness (QED) is 0.241. The maximum Gasteiger partial charge on any atom is 0.509 e. The standard InChI is InChI=1S/C16H21BrO10/c1-5-6-22-16(21)27-14-13(25-10(4)20)12(24-9(3)19)11(26-15(14)17)7-23-8(2)18/h5,11-15H,1,6-7H2,2-4H3/t11-,12-,13+,14-,15+/m1/s1. The van der Waals surface area contributed by atoms with E-state index in [1.54, 1.807) is 0 Å². The molecule has 1 heterocycles. The van der Waals surface area contributed by atoms with E-state index in [0.29, 0.717) is 0 Å². The predicted octanol–water partition coefficient (Wildman–Crippen LogP) is 1.24. The Bertz CT molecular complexity index is 578. The summed E-state index contributed by atoms with van der Waals surface area (Å²) in [7, 11) is 0. The van der Waals surface area contributed by atoms with Crippen molar-refractivity contribution in [2.24, 2.45) is 0 Å². The Morgan fingerprint density at radius 2 is 1.52 bits per heavy atom. The van der Waals surface area contributed by atoms with E-state index in [1.807, 2.05) is 0 Å². The van der Waals surface area contributed by atoms with Crippen molar-refractivity contribution in [3.05, 3.63) is 12.7 Å². The first-order chi connectivity index (χ1) is 12.6. The lowest BCUT2D eigenvalue weighted by atomic mass is 9.99. The van der Waals surface area contributed by atoms with E-state index in [4.69, 9.17) is 28.4 Å². The van der Waals surface area contributed by atoms with Gasteiger partial charge in [-0.3, -0.25) is 14.4 Å². The number of hydrogen-bond acceptors (Lipinski definition) is 10. The average Bonchev–Trinajstić information content (AvgIpc) is 2.56. The van der Waals surface area contributed by atoms with E-state index in [2.05, 4.69) is 22.5 Å². The maximum absolute atomic E-state index is 11.8. The summed E-state index contributed by atoms with van der Waals surface area (Å²) in [5.74, 6) is -1.99. The van der Waals surface area contributed by atoms with Gasteiger partial charge in [-0.05, 0) is 0 Å². The Balaban J connectivity index is 3.08. The van der Waals surface area contributed by atoms with Crippen LogP contribution in [0, 0.1) is 0 Å². The zero-order chi connectivity index (χ0) is 20.6. The molecule has 1 fully saturated rings. The van der Waals surface area contributed by atoms with E-state index in [1.165, 1.54) is 13.0 Å². The number of esters is 3. The third-order valence-electron chi connectivity index (χ3n) is 3.18. The zero-order valence-electron chi connectivity index (χ0n) is 15.0. The molecule has 0 unspecified atom stereocenters. The van der Waals surface area contributed by atoms with Gasteiger partial charge in [0.05, 0.1) is 0 Å². The molecule has 0 N–H and O–H groups in total. The van der Waals surface area contributed by atoms with Gasteiger partial charge >= 0.3 is 24.1 Å². The van der Waals surface area contributed by atoms with Crippen LogP contribution >= 0.6 is 15.9 Å². The van der Waals surface area contributed by atoms with E-state index in [-0.39, 0.29) is 13.2 Å². The average molecular weight is 453 g/mol. The predicted molar refractivity (Wildman–Crippen MR) is 91.7 cm³/mol. The zero-order valence-corrected chi connectivity index (χ0v) is 16.6. The minimum Gasteiger partial charge on any atom is -0.463 e. The first-order valence-electron chi connectivity index (χ1n) is 7.87. The van der Waals surface area contributed by atoms with Crippen LogP contribution in [-0.2, 0) is 42.8 Å². The Labute approximate surface area is 164 Å². The molecule has 1 saturated heterocycles. The molecule has 10 nitrogen and oxygen atoms in total. The molecule has 0 aromatic heterocycles. The van der Waals surface area contributed by atoms with Crippen LogP contribution in [-0.4, -0.2) is 66.7 Å². The van der Waals surface area contributed by atoms with Gasteiger partial charge in [0.1, 0.15) is 19.3 Å². The first kappa shape index (κ1) is 22.9. The van der Waals surface area contributed by atoms with Crippen molar-refractivity contribution in [3.63, 3.8) is 0 Å². The maximum atomic E-state index is 11.8. The summed E-state index contributed by atoms with van der Waals surface area (Å²) in [6, 6.07) is 0. The molecular weight excluding hydrogens is 432 g/mol. The largest absolute Gasteiger partial charge is 0.509 e. The molecule has 1 rings (SSSR count). The summed E-state index contributed by atoms with van der Waals surface area (Å²) in [5, 5.41) is -0.967. The molecule has 1 aliphatic rings. The second kappa shape index (κ2) is 10.9. The van der Waals surface area contributed by atoms with Crippen molar-refractivity contribution in [1.82, 2.24) is 0 Å². The minimum absolute atomic E-state index is 0.0972. The minimum atomic E-state index is -1.23. The molecule has 5 atom stereocenters. The van der Waals surface area contributed by atoms with Gasteiger partial charge in [0.15, 0.2) is 23.3 Å². The molecule has 0 spiro atoms. The smallest absolute Gasteiger partial charge is 0.463 e. The molecule has 0 saturated carbocycles. The number of carbonyl (C=O) groups is 4. The van der Waals surface area contributed by atoms with Crippen molar-refractivity contribution in [1.29, 1.82) is 0 Å². The highest BCUT2D eigenvalue weighted by Gasteiger charge is 2.51.